The number of carbonyl (C=O) groups is 3. The zero-order valence-electron chi connectivity index (χ0n) is 20.0. The smallest absolute Gasteiger partial charge is 0.337 e. The summed E-state index contributed by atoms with van der Waals surface area (Å²) in [5.74, 6) is -0.912. The Morgan fingerprint density at radius 2 is 1.56 bits per heavy atom. The molecule has 0 N–H and O–H groups in total. The minimum Gasteiger partial charge on any atom is -0.494 e. The number of amides is 1. The molecule has 1 amide bonds. The second-order valence-electron chi connectivity index (χ2n) is 8.63. The highest BCUT2D eigenvalue weighted by molar-refractivity contribution is 6.55. The highest BCUT2D eigenvalue weighted by Crippen LogP contribution is 2.47. The topological polar surface area (TPSA) is 94.5 Å². The van der Waals surface area contributed by atoms with Gasteiger partial charge in [0.1, 0.15) is 11.5 Å². The summed E-state index contributed by atoms with van der Waals surface area (Å²) in [6.45, 7) is 8.30. The van der Waals surface area contributed by atoms with Gasteiger partial charge in [0.05, 0.1) is 48.9 Å². The number of carbonyl (C=O) groups excluding carboxylic acids is 3. The first-order chi connectivity index (χ1) is 16.1. The van der Waals surface area contributed by atoms with Crippen LogP contribution in [-0.2, 0) is 14.3 Å². The third-order valence-corrected chi connectivity index (χ3v) is 5.85. The van der Waals surface area contributed by atoms with Crippen molar-refractivity contribution in [1.82, 2.24) is 0 Å². The average molecular weight is 463 g/mol. The van der Waals surface area contributed by atoms with Gasteiger partial charge in [-0.15, -0.1) is 0 Å². The van der Waals surface area contributed by atoms with Gasteiger partial charge in [-0.05, 0) is 63.6 Å². The molecule has 2 aromatic rings. The first kappa shape index (κ1) is 23.2. The third kappa shape index (κ3) is 3.75. The highest BCUT2D eigenvalue weighted by Gasteiger charge is 2.45. The predicted octanol–water partition coefficient (Wildman–Crippen LogP) is 4.32. The maximum Gasteiger partial charge on any atom is 0.337 e. The van der Waals surface area contributed by atoms with Crippen LogP contribution in [0.5, 0.6) is 5.75 Å². The van der Waals surface area contributed by atoms with E-state index in [9.17, 15) is 14.4 Å². The summed E-state index contributed by atoms with van der Waals surface area (Å²) in [5, 5.41) is 0. The fraction of sp³-hybridized carbons (Fsp3) is 0.308. The summed E-state index contributed by atoms with van der Waals surface area (Å²) < 4.78 is 15.4. The standard InChI is InChI=1S/C26H26N2O6/c1-7-34-18-11-19-14(2)13-26(3,4)28-22(19)20(12-18)21(23(28)29)27-17-9-15(24(30)32-5)8-16(10-17)25(31)33-6/h8-13H,7H2,1-6H3. The van der Waals surface area contributed by atoms with Gasteiger partial charge >= 0.3 is 11.9 Å². The van der Waals surface area contributed by atoms with Crippen LogP contribution < -0.4 is 9.64 Å². The molecule has 8 nitrogen and oxygen atoms in total. The Hall–Kier alpha value is -3.94. The predicted molar refractivity (Wildman–Crippen MR) is 128 cm³/mol. The van der Waals surface area contributed by atoms with E-state index in [1.54, 1.807) is 11.0 Å². The molecule has 0 fully saturated rings. The quantitative estimate of drug-likeness (QED) is 0.614. The number of rotatable bonds is 5. The van der Waals surface area contributed by atoms with Crippen molar-refractivity contribution in [1.29, 1.82) is 0 Å². The summed E-state index contributed by atoms with van der Waals surface area (Å²) in [6, 6.07) is 8.05. The number of methoxy groups -OCH3 is 2. The lowest BCUT2D eigenvalue weighted by atomic mass is 9.89. The fourth-order valence-electron chi connectivity index (χ4n) is 4.51. The summed E-state index contributed by atoms with van der Waals surface area (Å²) in [4.78, 5) is 44.4. The van der Waals surface area contributed by atoms with E-state index in [1.807, 2.05) is 39.8 Å². The number of hydrogen-bond acceptors (Lipinski definition) is 7. The summed E-state index contributed by atoms with van der Waals surface area (Å²) in [5.41, 5.74) is 3.47. The molecule has 4 rings (SSSR count). The van der Waals surface area contributed by atoms with Crippen LogP contribution in [0.1, 0.15) is 59.5 Å². The fourth-order valence-corrected chi connectivity index (χ4v) is 4.51. The average Bonchev–Trinajstić information content (AvgIpc) is 3.08. The Morgan fingerprint density at radius 3 is 2.12 bits per heavy atom. The lowest BCUT2D eigenvalue weighted by Crippen LogP contribution is -2.47. The van der Waals surface area contributed by atoms with Gasteiger partial charge in [-0.3, -0.25) is 9.69 Å². The Morgan fingerprint density at radius 1 is 0.971 bits per heavy atom. The Kier molecular flexibility index (Phi) is 5.77. The van der Waals surface area contributed by atoms with Crippen LogP contribution in [0.15, 0.2) is 41.4 Å². The zero-order valence-corrected chi connectivity index (χ0v) is 20.0. The molecule has 2 aliphatic rings. The van der Waals surface area contributed by atoms with Gasteiger partial charge in [0.15, 0.2) is 0 Å². The molecule has 34 heavy (non-hydrogen) atoms. The van der Waals surface area contributed by atoms with Crippen molar-refractivity contribution in [2.45, 2.75) is 33.2 Å². The van der Waals surface area contributed by atoms with Crippen molar-refractivity contribution in [3.63, 3.8) is 0 Å². The minimum absolute atomic E-state index is 0.123. The Bertz CT molecular complexity index is 1250. The number of benzene rings is 2. The molecular formula is C26H26N2O6. The SMILES string of the molecule is CCOc1cc2c3c(c1)C(=Nc1cc(C(=O)OC)cc(C(=O)OC)c1)C(=O)N3C(C)(C)C=C2C. The molecule has 8 heteroatoms. The largest absolute Gasteiger partial charge is 0.494 e. The molecule has 2 heterocycles. The maximum atomic E-state index is 13.7. The van der Waals surface area contributed by atoms with E-state index in [0.717, 1.165) is 16.8 Å². The van der Waals surface area contributed by atoms with Crippen molar-refractivity contribution in [3.05, 3.63) is 58.7 Å². The van der Waals surface area contributed by atoms with Crippen molar-refractivity contribution < 1.29 is 28.6 Å². The molecule has 2 aromatic carbocycles. The van der Waals surface area contributed by atoms with E-state index in [-0.39, 0.29) is 28.4 Å². The number of hydrogen-bond donors (Lipinski definition) is 0. The highest BCUT2D eigenvalue weighted by atomic mass is 16.5. The molecule has 2 aliphatic heterocycles. The molecule has 0 saturated heterocycles. The maximum absolute atomic E-state index is 13.7. The molecule has 0 atom stereocenters. The molecule has 0 aromatic heterocycles. The van der Waals surface area contributed by atoms with Crippen LogP contribution >= 0.6 is 0 Å². The van der Waals surface area contributed by atoms with Gasteiger partial charge in [0.2, 0.25) is 0 Å². The summed E-state index contributed by atoms with van der Waals surface area (Å²) in [7, 11) is 2.49. The Labute approximate surface area is 197 Å². The number of aliphatic imine (C=N–C) groups is 1. The Balaban J connectivity index is 1.96. The van der Waals surface area contributed by atoms with Gasteiger partial charge in [-0.25, -0.2) is 14.6 Å². The second kappa shape index (κ2) is 8.44. The number of allylic oxidation sites excluding steroid dienone is 1. The number of anilines is 1. The van der Waals surface area contributed by atoms with Crippen LogP contribution in [0, 0.1) is 0 Å². The van der Waals surface area contributed by atoms with Crippen LogP contribution in [0.2, 0.25) is 0 Å². The van der Waals surface area contributed by atoms with E-state index < -0.39 is 17.5 Å². The lowest BCUT2D eigenvalue weighted by Gasteiger charge is -2.38. The van der Waals surface area contributed by atoms with Gasteiger partial charge in [-0.1, -0.05) is 6.08 Å². The van der Waals surface area contributed by atoms with Crippen molar-refractivity contribution >= 4 is 40.5 Å². The monoisotopic (exact) mass is 462 g/mol. The van der Waals surface area contributed by atoms with E-state index >= 15 is 0 Å². The first-order valence-electron chi connectivity index (χ1n) is 10.9. The molecule has 0 saturated carbocycles. The molecule has 0 unspecified atom stereocenters. The van der Waals surface area contributed by atoms with Crippen LogP contribution in [0.4, 0.5) is 11.4 Å². The number of ether oxygens (including phenoxy) is 3. The van der Waals surface area contributed by atoms with Crippen LogP contribution in [0.3, 0.4) is 0 Å². The van der Waals surface area contributed by atoms with Crippen LogP contribution in [-0.4, -0.2) is 49.9 Å². The third-order valence-electron chi connectivity index (χ3n) is 5.85. The lowest BCUT2D eigenvalue weighted by molar-refractivity contribution is -0.112. The van der Waals surface area contributed by atoms with E-state index in [4.69, 9.17) is 14.2 Å². The second-order valence-corrected chi connectivity index (χ2v) is 8.63. The summed E-state index contributed by atoms with van der Waals surface area (Å²) >= 11 is 0. The minimum atomic E-state index is -0.633. The van der Waals surface area contributed by atoms with Crippen molar-refractivity contribution in [3.8, 4) is 5.75 Å². The van der Waals surface area contributed by atoms with Gasteiger partial charge in [0.25, 0.3) is 5.91 Å². The van der Waals surface area contributed by atoms with Gasteiger partial charge in [0, 0.05) is 11.1 Å². The summed E-state index contributed by atoms with van der Waals surface area (Å²) in [6.07, 6.45) is 2.04. The molecule has 0 spiro atoms. The number of nitrogens with zero attached hydrogens (tertiary/aromatic N) is 2. The van der Waals surface area contributed by atoms with E-state index in [0.29, 0.717) is 17.9 Å². The van der Waals surface area contributed by atoms with Crippen molar-refractivity contribution in [2.75, 3.05) is 25.7 Å². The molecule has 0 bridgehead atoms. The zero-order chi connectivity index (χ0) is 24.8. The first-order valence-corrected chi connectivity index (χ1v) is 10.9. The molecule has 176 valence electrons. The molecule has 0 aliphatic carbocycles. The number of esters is 2. The molecular weight excluding hydrogens is 436 g/mol. The van der Waals surface area contributed by atoms with E-state index in [2.05, 4.69) is 4.99 Å². The molecule has 0 radical (unpaired) electrons. The van der Waals surface area contributed by atoms with Gasteiger partial charge in [-0.2, -0.15) is 0 Å². The van der Waals surface area contributed by atoms with Gasteiger partial charge < -0.3 is 14.2 Å². The van der Waals surface area contributed by atoms with Crippen molar-refractivity contribution in [2.24, 2.45) is 4.99 Å². The van der Waals surface area contributed by atoms with E-state index in [1.165, 1.54) is 32.4 Å². The van der Waals surface area contributed by atoms with Crippen LogP contribution in [0.25, 0.3) is 5.57 Å². The normalized spacial score (nSPS) is 16.8.